The second kappa shape index (κ2) is 6.14. The number of halogens is 1. The minimum absolute atomic E-state index is 0.0344. The number of aromatic nitrogens is 2. The van der Waals surface area contributed by atoms with Crippen molar-refractivity contribution in [3.63, 3.8) is 0 Å². The van der Waals surface area contributed by atoms with Gasteiger partial charge < -0.3 is 8.92 Å². The van der Waals surface area contributed by atoms with Gasteiger partial charge in [0.05, 0.1) is 18.6 Å². The quantitative estimate of drug-likeness (QED) is 0.659. The summed E-state index contributed by atoms with van der Waals surface area (Å²) in [4.78, 5) is 0. The van der Waals surface area contributed by atoms with Crippen molar-refractivity contribution in [2.75, 3.05) is 12.9 Å². The highest BCUT2D eigenvalue weighted by atomic mass is 32.2. The van der Waals surface area contributed by atoms with Crippen LogP contribution >= 0.6 is 0 Å². The number of hydrogen-bond acceptors (Lipinski definition) is 5. The molecule has 1 aliphatic rings. The molecule has 0 amide bonds. The van der Waals surface area contributed by atoms with Crippen molar-refractivity contribution >= 4 is 10.1 Å². The number of rotatable bonds is 3. The maximum absolute atomic E-state index is 14.3. The minimum atomic E-state index is -3.72. The van der Waals surface area contributed by atoms with Crippen LogP contribution in [0.4, 0.5) is 4.39 Å². The van der Waals surface area contributed by atoms with Gasteiger partial charge in [0.1, 0.15) is 17.3 Å². The van der Waals surface area contributed by atoms with Crippen LogP contribution in [0.2, 0.25) is 0 Å². The topological polar surface area (TPSA) is 70.4 Å². The molecule has 2 heterocycles. The smallest absolute Gasteiger partial charge is 0.311 e. The van der Waals surface area contributed by atoms with E-state index in [0.717, 1.165) is 5.56 Å². The number of nitrogens with zero attached hydrogens (tertiary/aromatic N) is 2. The summed E-state index contributed by atoms with van der Waals surface area (Å²) >= 11 is 0. The van der Waals surface area contributed by atoms with E-state index in [2.05, 4.69) is 5.10 Å². The van der Waals surface area contributed by atoms with Crippen molar-refractivity contribution in [3.05, 3.63) is 59.9 Å². The fraction of sp³-hybridized carbons (Fsp3) is 0.167. The molecule has 2 aromatic carbocycles. The Balaban J connectivity index is 1.92. The average Bonchev–Trinajstić information content (AvgIpc) is 2.99. The summed E-state index contributed by atoms with van der Waals surface area (Å²) in [5.74, 6) is 0.0550. The molecule has 8 heteroatoms. The fourth-order valence-electron chi connectivity index (χ4n) is 2.90. The summed E-state index contributed by atoms with van der Waals surface area (Å²) in [6.07, 6.45) is 0.244. The molecule has 134 valence electrons. The molecule has 1 aliphatic heterocycles. The lowest BCUT2D eigenvalue weighted by Crippen LogP contribution is -2.22. The molecule has 0 atom stereocenters. The van der Waals surface area contributed by atoms with E-state index in [4.69, 9.17) is 8.92 Å². The molecule has 0 saturated carbocycles. The Bertz CT molecular complexity index is 1080. The second-order valence-corrected chi connectivity index (χ2v) is 7.51. The van der Waals surface area contributed by atoms with Gasteiger partial charge in [0.25, 0.3) is 0 Å². The lowest BCUT2D eigenvalue weighted by atomic mass is 10.1. The van der Waals surface area contributed by atoms with Crippen molar-refractivity contribution in [2.24, 2.45) is 0 Å². The summed E-state index contributed by atoms with van der Waals surface area (Å²) in [7, 11) is -2.15. The maximum atomic E-state index is 14.3. The lowest BCUT2D eigenvalue weighted by molar-refractivity contribution is 0.415. The summed E-state index contributed by atoms with van der Waals surface area (Å²) in [5, 5.41) is 4.46. The zero-order valence-corrected chi connectivity index (χ0v) is 14.7. The van der Waals surface area contributed by atoms with Gasteiger partial charge in [-0.25, -0.2) is 4.39 Å². The lowest BCUT2D eigenvalue weighted by Gasteiger charge is -2.15. The molecule has 1 aromatic heterocycles. The van der Waals surface area contributed by atoms with Crippen molar-refractivity contribution in [1.82, 2.24) is 9.78 Å². The van der Waals surface area contributed by atoms with Crippen LogP contribution in [0.1, 0.15) is 5.56 Å². The molecular weight excluding hydrogens is 359 g/mol. The molecular formula is C18H15FN2O4S. The van der Waals surface area contributed by atoms with Crippen LogP contribution in [-0.2, 0) is 16.5 Å². The third-order valence-electron chi connectivity index (χ3n) is 4.19. The molecule has 0 spiro atoms. The van der Waals surface area contributed by atoms with E-state index in [1.54, 1.807) is 31.4 Å². The number of benzene rings is 2. The first-order chi connectivity index (χ1) is 12.5. The van der Waals surface area contributed by atoms with Gasteiger partial charge in [0.2, 0.25) is 5.88 Å². The van der Waals surface area contributed by atoms with Crippen LogP contribution in [0.25, 0.3) is 16.9 Å². The highest BCUT2D eigenvalue weighted by Crippen LogP contribution is 2.37. The molecule has 26 heavy (non-hydrogen) atoms. The van der Waals surface area contributed by atoms with Crippen LogP contribution in [0, 0.1) is 5.82 Å². The van der Waals surface area contributed by atoms with Gasteiger partial charge in [-0.05, 0) is 42.8 Å². The molecule has 0 bridgehead atoms. The van der Waals surface area contributed by atoms with Crippen LogP contribution in [0.5, 0.6) is 11.6 Å². The summed E-state index contributed by atoms with van der Waals surface area (Å²) in [5.41, 5.74) is 2.08. The van der Waals surface area contributed by atoms with Crippen LogP contribution in [-0.4, -0.2) is 31.1 Å². The zero-order valence-electron chi connectivity index (χ0n) is 13.8. The van der Waals surface area contributed by atoms with Gasteiger partial charge in [0, 0.05) is 11.1 Å². The van der Waals surface area contributed by atoms with Crippen LogP contribution in [0.3, 0.4) is 0 Å². The number of para-hydroxylation sites is 1. The number of hydrogen-bond donors (Lipinski definition) is 0. The van der Waals surface area contributed by atoms with Gasteiger partial charge in [-0.1, -0.05) is 12.1 Å². The van der Waals surface area contributed by atoms with Crippen molar-refractivity contribution in [2.45, 2.75) is 6.42 Å². The standard InChI is InChI=1S/C18H15FN2O4S/c1-24-13-8-6-12(7-9-13)17-14-10-11-26(22,23)25-18(14)21(20-17)16-5-3-2-4-15(16)19/h2-9H,10-11H2,1H3. The molecule has 0 saturated heterocycles. The first-order valence-electron chi connectivity index (χ1n) is 7.92. The van der Waals surface area contributed by atoms with Crippen LogP contribution in [0.15, 0.2) is 48.5 Å². The van der Waals surface area contributed by atoms with E-state index in [-0.39, 0.29) is 23.7 Å². The highest BCUT2D eigenvalue weighted by Gasteiger charge is 2.31. The van der Waals surface area contributed by atoms with E-state index in [0.29, 0.717) is 17.0 Å². The van der Waals surface area contributed by atoms with E-state index < -0.39 is 15.9 Å². The Kier molecular flexibility index (Phi) is 3.91. The SMILES string of the molecule is COc1ccc(-c2nn(-c3ccccc3F)c3c2CCS(=O)(=O)O3)cc1. The van der Waals surface area contributed by atoms with Gasteiger partial charge in [-0.2, -0.15) is 18.2 Å². The third-order valence-corrected chi connectivity index (χ3v) is 5.30. The molecule has 0 radical (unpaired) electrons. The van der Waals surface area contributed by atoms with Gasteiger partial charge in [-0.15, -0.1) is 0 Å². The van der Waals surface area contributed by atoms with Gasteiger partial charge in [0.15, 0.2) is 0 Å². The molecule has 3 aromatic rings. The van der Waals surface area contributed by atoms with E-state index in [1.165, 1.54) is 16.8 Å². The Labute approximate surface area is 149 Å². The largest absolute Gasteiger partial charge is 0.497 e. The Morgan fingerprint density at radius 1 is 1.15 bits per heavy atom. The van der Waals surface area contributed by atoms with Gasteiger partial charge in [-0.3, -0.25) is 0 Å². The zero-order chi connectivity index (χ0) is 18.3. The molecule has 0 unspecified atom stereocenters. The van der Waals surface area contributed by atoms with Crippen LogP contribution < -0.4 is 8.92 Å². The Morgan fingerprint density at radius 3 is 2.58 bits per heavy atom. The summed E-state index contributed by atoms with van der Waals surface area (Å²) in [6.45, 7) is 0. The fourth-order valence-corrected chi connectivity index (χ4v) is 3.85. The summed E-state index contributed by atoms with van der Waals surface area (Å²) in [6, 6.07) is 13.2. The van der Waals surface area contributed by atoms with E-state index >= 15 is 0 Å². The first kappa shape index (κ1) is 16.6. The molecule has 6 nitrogen and oxygen atoms in total. The molecule has 0 fully saturated rings. The first-order valence-corrected chi connectivity index (χ1v) is 9.49. The van der Waals surface area contributed by atoms with E-state index in [1.807, 2.05) is 12.1 Å². The number of methoxy groups -OCH3 is 1. The predicted molar refractivity (Wildman–Crippen MR) is 93.6 cm³/mol. The van der Waals surface area contributed by atoms with E-state index in [9.17, 15) is 12.8 Å². The molecule has 0 N–H and O–H groups in total. The average molecular weight is 374 g/mol. The number of fused-ring (bicyclic) bond motifs is 1. The normalized spacial score (nSPS) is 15.2. The van der Waals surface area contributed by atoms with Crippen molar-refractivity contribution in [3.8, 4) is 28.6 Å². The summed E-state index contributed by atoms with van der Waals surface area (Å²) < 4.78 is 49.7. The number of ether oxygens (including phenoxy) is 1. The Hall–Kier alpha value is -2.87. The van der Waals surface area contributed by atoms with Gasteiger partial charge >= 0.3 is 10.1 Å². The predicted octanol–water partition coefficient (Wildman–Crippen LogP) is 2.95. The molecule has 0 aliphatic carbocycles. The highest BCUT2D eigenvalue weighted by molar-refractivity contribution is 7.87. The minimum Gasteiger partial charge on any atom is -0.497 e. The molecule has 4 rings (SSSR count). The maximum Gasteiger partial charge on any atom is 0.311 e. The second-order valence-electron chi connectivity index (χ2n) is 5.82. The Morgan fingerprint density at radius 2 is 1.88 bits per heavy atom. The third kappa shape index (κ3) is 2.82. The van der Waals surface area contributed by atoms with Crippen molar-refractivity contribution in [1.29, 1.82) is 0 Å². The van der Waals surface area contributed by atoms with Crippen molar-refractivity contribution < 1.29 is 21.7 Å². The monoisotopic (exact) mass is 374 g/mol.